The van der Waals surface area contributed by atoms with Crippen LogP contribution in [-0.4, -0.2) is 18.5 Å². The van der Waals surface area contributed by atoms with Gasteiger partial charge in [-0.15, -0.1) is 0 Å². The van der Waals surface area contributed by atoms with Gasteiger partial charge in [0, 0.05) is 6.04 Å². The van der Waals surface area contributed by atoms with E-state index in [0.29, 0.717) is 6.04 Å². The number of benzene rings is 1. The fourth-order valence-electron chi connectivity index (χ4n) is 4.57. The van der Waals surface area contributed by atoms with Crippen molar-refractivity contribution in [2.75, 3.05) is 11.9 Å². The van der Waals surface area contributed by atoms with Gasteiger partial charge in [0.2, 0.25) is 5.91 Å². The van der Waals surface area contributed by atoms with Crippen LogP contribution in [0.2, 0.25) is 0 Å². The molecule has 3 saturated carbocycles. The fraction of sp³-hybridized carbons (Fsp3) is 0.562. The lowest BCUT2D eigenvalue weighted by molar-refractivity contribution is -0.115. The average Bonchev–Trinajstić information content (AvgIpc) is 2.83. The number of halogens is 1. The summed E-state index contributed by atoms with van der Waals surface area (Å²) in [6, 6.07) is 6.80. The van der Waals surface area contributed by atoms with Crippen molar-refractivity contribution in [1.82, 2.24) is 5.32 Å². The summed E-state index contributed by atoms with van der Waals surface area (Å²) in [5.41, 5.74) is 0.260. The van der Waals surface area contributed by atoms with Crippen LogP contribution in [0.3, 0.4) is 0 Å². The van der Waals surface area contributed by atoms with Gasteiger partial charge in [-0.05, 0) is 55.1 Å². The van der Waals surface area contributed by atoms with E-state index in [4.69, 9.17) is 0 Å². The maximum Gasteiger partial charge on any atom is 0.238 e. The lowest BCUT2D eigenvalue weighted by Gasteiger charge is -2.11. The molecular formula is C16H19FN2O. The predicted molar refractivity (Wildman–Crippen MR) is 74.6 cm³/mol. The molecule has 0 heterocycles. The quantitative estimate of drug-likeness (QED) is 0.885. The number of carbonyl (C=O) groups is 1. The molecular weight excluding hydrogens is 255 g/mol. The molecule has 3 fully saturated rings. The molecule has 0 saturated heterocycles. The Balaban J connectivity index is 1.29. The number of carbonyl (C=O) groups excluding carboxylic acids is 1. The van der Waals surface area contributed by atoms with Gasteiger partial charge in [-0.1, -0.05) is 12.1 Å². The van der Waals surface area contributed by atoms with E-state index in [1.165, 1.54) is 25.3 Å². The summed E-state index contributed by atoms with van der Waals surface area (Å²) in [6.45, 7) is 0.283. The molecule has 4 atom stereocenters. The van der Waals surface area contributed by atoms with Crippen LogP contribution in [0, 0.1) is 29.5 Å². The summed E-state index contributed by atoms with van der Waals surface area (Å²) in [5.74, 6) is 2.88. The molecule has 2 bridgehead atoms. The van der Waals surface area contributed by atoms with Gasteiger partial charge in [-0.2, -0.15) is 0 Å². The van der Waals surface area contributed by atoms with Gasteiger partial charge in [0.25, 0.3) is 0 Å². The van der Waals surface area contributed by atoms with Crippen LogP contribution in [-0.2, 0) is 4.79 Å². The van der Waals surface area contributed by atoms with E-state index < -0.39 is 0 Å². The molecule has 1 aromatic carbocycles. The lowest BCUT2D eigenvalue weighted by atomic mass is 10.0. The van der Waals surface area contributed by atoms with Crippen molar-refractivity contribution in [3.8, 4) is 0 Å². The second-order valence-electron chi connectivity index (χ2n) is 6.42. The summed E-state index contributed by atoms with van der Waals surface area (Å²) in [4.78, 5) is 11.9. The topological polar surface area (TPSA) is 41.1 Å². The Morgan fingerprint density at radius 1 is 1.20 bits per heavy atom. The number of amides is 1. The molecule has 3 nitrogen and oxygen atoms in total. The highest BCUT2D eigenvalue weighted by Gasteiger charge is 2.64. The molecule has 4 heteroatoms. The fourth-order valence-corrected chi connectivity index (χ4v) is 4.57. The third-order valence-corrected chi connectivity index (χ3v) is 5.38. The van der Waals surface area contributed by atoms with Crippen molar-refractivity contribution in [1.29, 1.82) is 0 Å². The molecule has 3 aliphatic carbocycles. The van der Waals surface area contributed by atoms with Gasteiger partial charge in [0.1, 0.15) is 5.82 Å². The maximum absolute atomic E-state index is 13.4. The molecule has 0 spiro atoms. The Hall–Kier alpha value is -1.42. The summed E-state index contributed by atoms with van der Waals surface area (Å²) in [5, 5.41) is 5.99. The summed E-state index contributed by atoms with van der Waals surface area (Å²) < 4.78 is 13.4. The van der Waals surface area contributed by atoms with Gasteiger partial charge in [-0.3, -0.25) is 4.79 Å². The molecule has 3 aliphatic rings. The molecule has 2 N–H and O–H groups in total. The maximum atomic E-state index is 13.4. The van der Waals surface area contributed by atoms with E-state index >= 15 is 0 Å². The smallest absolute Gasteiger partial charge is 0.238 e. The summed E-state index contributed by atoms with van der Waals surface area (Å²) >= 11 is 0. The third-order valence-electron chi connectivity index (χ3n) is 5.38. The first-order chi connectivity index (χ1) is 9.74. The first-order valence-electron chi connectivity index (χ1n) is 7.52. The second-order valence-corrected chi connectivity index (χ2v) is 6.42. The molecule has 4 unspecified atom stereocenters. The minimum Gasteiger partial charge on any atom is -0.322 e. The third kappa shape index (κ3) is 1.94. The van der Waals surface area contributed by atoms with Crippen molar-refractivity contribution in [3.63, 3.8) is 0 Å². The molecule has 1 amide bonds. The number of hydrogen-bond acceptors (Lipinski definition) is 2. The minimum absolute atomic E-state index is 0.160. The van der Waals surface area contributed by atoms with Gasteiger partial charge in [-0.25, -0.2) is 4.39 Å². The standard InChI is InChI=1S/C16H19FN2O/c17-11-3-1-2-4-12(11)19-13(20)8-18-16-14-9-5-6-10(7-9)15(14)16/h1-4,9-10,14-16,18H,5-8H2,(H,19,20). The van der Waals surface area contributed by atoms with Crippen molar-refractivity contribution in [3.05, 3.63) is 30.1 Å². The van der Waals surface area contributed by atoms with Crippen LogP contribution >= 0.6 is 0 Å². The molecule has 0 aromatic heterocycles. The summed E-state index contributed by atoms with van der Waals surface area (Å²) in [7, 11) is 0. The molecule has 4 rings (SSSR count). The van der Waals surface area contributed by atoms with Crippen molar-refractivity contribution >= 4 is 11.6 Å². The average molecular weight is 274 g/mol. The zero-order valence-corrected chi connectivity index (χ0v) is 11.3. The first kappa shape index (κ1) is 12.3. The van der Waals surface area contributed by atoms with E-state index in [9.17, 15) is 9.18 Å². The predicted octanol–water partition coefficient (Wildman–Crippen LogP) is 2.40. The largest absolute Gasteiger partial charge is 0.322 e. The molecule has 0 radical (unpaired) electrons. The first-order valence-corrected chi connectivity index (χ1v) is 7.52. The monoisotopic (exact) mass is 274 g/mol. The number of para-hydroxylation sites is 1. The Morgan fingerprint density at radius 2 is 1.90 bits per heavy atom. The highest BCUT2D eigenvalue weighted by molar-refractivity contribution is 5.92. The second kappa shape index (κ2) is 4.55. The van der Waals surface area contributed by atoms with Crippen LogP contribution in [0.4, 0.5) is 10.1 Å². The minimum atomic E-state index is -0.387. The van der Waals surface area contributed by atoms with E-state index in [2.05, 4.69) is 10.6 Å². The molecule has 106 valence electrons. The van der Waals surface area contributed by atoms with Gasteiger partial charge in [0.15, 0.2) is 0 Å². The van der Waals surface area contributed by atoms with Crippen LogP contribution in [0.1, 0.15) is 19.3 Å². The van der Waals surface area contributed by atoms with Crippen LogP contribution in [0.15, 0.2) is 24.3 Å². The van der Waals surface area contributed by atoms with Crippen molar-refractivity contribution in [2.24, 2.45) is 23.7 Å². The SMILES string of the molecule is O=C(CNC1C2C3CCC(C3)C12)Nc1ccccc1F. The Morgan fingerprint density at radius 3 is 2.60 bits per heavy atom. The van der Waals surface area contributed by atoms with E-state index in [1.54, 1.807) is 18.2 Å². The zero-order chi connectivity index (χ0) is 13.7. The lowest BCUT2D eigenvalue weighted by Crippen LogP contribution is -2.32. The van der Waals surface area contributed by atoms with E-state index in [-0.39, 0.29) is 24.0 Å². The number of fused-ring (bicyclic) bond motifs is 5. The van der Waals surface area contributed by atoms with Crippen molar-refractivity contribution < 1.29 is 9.18 Å². The number of rotatable bonds is 4. The van der Waals surface area contributed by atoms with Crippen LogP contribution in [0.25, 0.3) is 0 Å². The van der Waals surface area contributed by atoms with Crippen LogP contribution < -0.4 is 10.6 Å². The number of anilines is 1. The van der Waals surface area contributed by atoms with E-state index in [0.717, 1.165) is 23.7 Å². The van der Waals surface area contributed by atoms with Gasteiger partial charge >= 0.3 is 0 Å². The molecule has 0 aliphatic heterocycles. The van der Waals surface area contributed by atoms with Gasteiger partial charge in [0.05, 0.1) is 12.2 Å². The molecule has 1 aromatic rings. The Labute approximate surface area is 117 Å². The molecule has 20 heavy (non-hydrogen) atoms. The summed E-state index contributed by atoms with van der Waals surface area (Å²) in [6.07, 6.45) is 4.17. The number of nitrogens with one attached hydrogen (secondary N) is 2. The normalized spacial score (nSPS) is 36.8. The Bertz CT molecular complexity index is 531. The number of hydrogen-bond donors (Lipinski definition) is 2. The van der Waals surface area contributed by atoms with E-state index in [1.807, 2.05) is 0 Å². The van der Waals surface area contributed by atoms with Crippen molar-refractivity contribution in [2.45, 2.75) is 25.3 Å². The van der Waals surface area contributed by atoms with Crippen LogP contribution in [0.5, 0.6) is 0 Å². The van der Waals surface area contributed by atoms with Gasteiger partial charge < -0.3 is 10.6 Å². The highest BCUT2D eigenvalue weighted by atomic mass is 19.1. The highest BCUT2D eigenvalue weighted by Crippen LogP contribution is 2.65. The Kier molecular flexibility index (Phi) is 2.81. The zero-order valence-electron chi connectivity index (χ0n) is 11.3.